The van der Waals surface area contributed by atoms with E-state index in [9.17, 15) is 4.79 Å². The van der Waals surface area contributed by atoms with Gasteiger partial charge in [0.05, 0.1) is 0 Å². The van der Waals surface area contributed by atoms with E-state index >= 15 is 0 Å². The summed E-state index contributed by atoms with van der Waals surface area (Å²) in [6.07, 6.45) is 5.89. The third-order valence-electron chi connectivity index (χ3n) is 2.72. The van der Waals surface area contributed by atoms with Crippen LogP contribution >= 0.6 is 0 Å². The van der Waals surface area contributed by atoms with E-state index in [4.69, 9.17) is 5.73 Å². The van der Waals surface area contributed by atoms with Gasteiger partial charge in [-0.25, -0.2) is 0 Å². The van der Waals surface area contributed by atoms with E-state index in [2.05, 4.69) is 6.92 Å². The molecule has 1 aliphatic rings. The molecule has 0 aromatic rings. The van der Waals surface area contributed by atoms with Crippen LogP contribution in [0.25, 0.3) is 0 Å². The van der Waals surface area contributed by atoms with E-state index < -0.39 is 0 Å². The number of hydrogen-bond donors (Lipinski definition) is 1. The van der Waals surface area contributed by atoms with Crippen molar-refractivity contribution in [1.82, 2.24) is 0 Å². The summed E-state index contributed by atoms with van der Waals surface area (Å²) in [5.41, 5.74) is 5.76. The molecule has 0 amide bonds. The second kappa shape index (κ2) is 4.61. The summed E-state index contributed by atoms with van der Waals surface area (Å²) in [5, 5.41) is 0. The van der Waals surface area contributed by atoms with Gasteiger partial charge in [-0.15, -0.1) is 0 Å². The molecule has 1 rings (SSSR count). The van der Waals surface area contributed by atoms with Crippen molar-refractivity contribution in [3.8, 4) is 0 Å². The summed E-state index contributed by atoms with van der Waals surface area (Å²) in [4.78, 5) is 11.5. The molecule has 0 aromatic heterocycles. The van der Waals surface area contributed by atoms with Crippen LogP contribution in [0.5, 0.6) is 0 Å². The van der Waals surface area contributed by atoms with Crippen LogP contribution in [0.4, 0.5) is 0 Å². The monoisotopic (exact) mass is 169 g/mol. The van der Waals surface area contributed by atoms with Crippen molar-refractivity contribution in [3.05, 3.63) is 0 Å². The summed E-state index contributed by atoms with van der Waals surface area (Å²) < 4.78 is 0. The quantitative estimate of drug-likeness (QED) is 0.701. The molecule has 0 aromatic carbocycles. The third-order valence-corrected chi connectivity index (χ3v) is 2.72. The van der Waals surface area contributed by atoms with E-state index in [1.807, 2.05) is 0 Å². The lowest BCUT2D eigenvalue weighted by molar-refractivity contribution is -0.123. The Hall–Kier alpha value is -0.370. The third kappa shape index (κ3) is 2.59. The van der Waals surface area contributed by atoms with Gasteiger partial charge in [-0.1, -0.05) is 6.92 Å². The SMILES string of the molecule is CCCC(=O)C1CCC(N)CC1. The highest BCUT2D eigenvalue weighted by molar-refractivity contribution is 5.80. The summed E-state index contributed by atoms with van der Waals surface area (Å²) >= 11 is 0. The van der Waals surface area contributed by atoms with Crippen molar-refractivity contribution in [1.29, 1.82) is 0 Å². The van der Waals surface area contributed by atoms with Gasteiger partial charge in [0.2, 0.25) is 0 Å². The van der Waals surface area contributed by atoms with Crippen LogP contribution in [-0.4, -0.2) is 11.8 Å². The van der Waals surface area contributed by atoms with Crippen molar-refractivity contribution >= 4 is 5.78 Å². The van der Waals surface area contributed by atoms with Gasteiger partial charge >= 0.3 is 0 Å². The second-order valence-electron chi connectivity index (χ2n) is 3.83. The molecule has 1 aliphatic carbocycles. The molecule has 2 N–H and O–H groups in total. The minimum atomic E-state index is 0.338. The molecule has 0 spiro atoms. The molecule has 1 fully saturated rings. The fourth-order valence-corrected chi connectivity index (χ4v) is 1.89. The summed E-state index contributed by atoms with van der Waals surface area (Å²) in [7, 11) is 0. The maximum Gasteiger partial charge on any atom is 0.135 e. The molecule has 0 heterocycles. The largest absolute Gasteiger partial charge is 0.328 e. The molecule has 2 nitrogen and oxygen atoms in total. The molecule has 0 aliphatic heterocycles. The van der Waals surface area contributed by atoms with Gasteiger partial charge in [-0.05, 0) is 32.1 Å². The number of nitrogens with two attached hydrogens (primary N) is 1. The fourth-order valence-electron chi connectivity index (χ4n) is 1.89. The first-order valence-electron chi connectivity index (χ1n) is 5.02. The Morgan fingerprint density at radius 2 is 1.92 bits per heavy atom. The van der Waals surface area contributed by atoms with E-state index in [0.29, 0.717) is 17.7 Å². The van der Waals surface area contributed by atoms with Gasteiger partial charge in [0.1, 0.15) is 5.78 Å². The Labute approximate surface area is 74.5 Å². The van der Waals surface area contributed by atoms with Crippen molar-refractivity contribution in [2.45, 2.75) is 51.5 Å². The normalized spacial score (nSPS) is 30.2. The Kier molecular flexibility index (Phi) is 3.73. The fraction of sp³-hybridized carbons (Fsp3) is 0.900. The number of carbonyl (C=O) groups excluding carboxylic acids is 1. The van der Waals surface area contributed by atoms with Crippen LogP contribution in [0.2, 0.25) is 0 Å². The minimum Gasteiger partial charge on any atom is -0.328 e. The Bertz CT molecular complexity index is 148. The highest BCUT2D eigenvalue weighted by atomic mass is 16.1. The number of rotatable bonds is 3. The molecule has 0 atom stereocenters. The van der Waals surface area contributed by atoms with Gasteiger partial charge in [0, 0.05) is 18.4 Å². The summed E-state index contributed by atoms with van der Waals surface area (Å²) in [6, 6.07) is 0.357. The zero-order chi connectivity index (χ0) is 8.97. The van der Waals surface area contributed by atoms with Gasteiger partial charge < -0.3 is 5.73 Å². The molecular weight excluding hydrogens is 150 g/mol. The maximum atomic E-state index is 11.5. The van der Waals surface area contributed by atoms with Crippen LogP contribution < -0.4 is 5.73 Å². The van der Waals surface area contributed by atoms with Gasteiger partial charge in [-0.3, -0.25) is 4.79 Å². The molecule has 0 saturated heterocycles. The van der Waals surface area contributed by atoms with Gasteiger partial charge in [-0.2, -0.15) is 0 Å². The number of ketones is 1. The zero-order valence-electron chi connectivity index (χ0n) is 7.88. The first kappa shape index (κ1) is 9.72. The second-order valence-corrected chi connectivity index (χ2v) is 3.83. The van der Waals surface area contributed by atoms with E-state index in [0.717, 1.165) is 38.5 Å². The number of Topliss-reactive ketones (excluding diaryl/α,β-unsaturated/α-hetero) is 1. The molecule has 12 heavy (non-hydrogen) atoms. The predicted molar refractivity (Wildman–Crippen MR) is 49.8 cm³/mol. The molecular formula is C10H19NO. The summed E-state index contributed by atoms with van der Waals surface area (Å²) in [6.45, 7) is 2.06. The van der Waals surface area contributed by atoms with Crippen molar-refractivity contribution in [3.63, 3.8) is 0 Å². The van der Waals surface area contributed by atoms with E-state index in [1.165, 1.54) is 0 Å². The van der Waals surface area contributed by atoms with Crippen LogP contribution in [0.3, 0.4) is 0 Å². The predicted octanol–water partition coefficient (Wildman–Crippen LogP) is 1.87. The average Bonchev–Trinajstić information content (AvgIpc) is 2.06. The van der Waals surface area contributed by atoms with E-state index in [1.54, 1.807) is 0 Å². The molecule has 2 heteroatoms. The topological polar surface area (TPSA) is 43.1 Å². The molecule has 70 valence electrons. The first-order valence-corrected chi connectivity index (χ1v) is 5.02. The highest BCUT2D eigenvalue weighted by Gasteiger charge is 2.23. The Morgan fingerprint density at radius 1 is 1.33 bits per heavy atom. The van der Waals surface area contributed by atoms with Crippen molar-refractivity contribution < 1.29 is 4.79 Å². The Morgan fingerprint density at radius 3 is 2.42 bits per heavy atom. The van der Waals surface area contributed by atoms with Crippen LogP contribution in [0.1, 0.15) is 45.4 Å². The molecule has 0 radical (unpaired) electrons. The minimum absolute atomic E-state index is 0.338. The molecule has 0 unspecified atom stereocenters. The van der Waals surface area contributed by atoms with Gasteiger partial charge in [0.25, 0.3) is 0 Å². The highest BCUT2D eigenvalue weighted by Crippen LogP contribution is 2.24. The number of hydrogen-bond acceptors (Lipinski definition) is 2. The standard InChI is InChI=1S/C10H19NO/c1-2-3-10(12)8-4-6-9(11)7-5-8/h8-9H,2-7,11H2,1H3. The first-order chi connectivity index (χ1) is 5.74. The van der Waals surface area contributed by atoms with Crippen molar-refractivity contribution in [2.24, 2.45) is 11.7 Å². The molecule has 0 bridgehead atoms. The van der Waals surface area contributed by atoms with Crippen LogP contribution in [-0.2, 0) is 4.79 Å². The number of carbonyl (C=O) groups is 1. The maximum absolute atomic E-state index is 11.5. The molecule has 1 saturated carbocycles. The summed E-state index contributed by atoms with van der Waals surface area (Å²) in [5.74, 6) is 0.800. The zero-order valence-corrected chi connectivity index (χ0v) is 7.88. The van der Waals surface area contributed by atoms with Crippen molar-refractivity contribution in [2.75, 3.05) is 0 Å². The smallest absolute Gasteiger partial charge is 0.135 e. The Balaban J connectivity index is 2.29. The van der Waals surface area contributed by atoms with Crippen LogP contribution in [0.15, 0.2) is 0 Å². The lowest BCUT2D eigenvalue weighted by atomic mass is 9.83. The lowest BCUT2D eigenvalue weighted by Gasteiger charge is -2.24. The van der Waals surface area contributed by atoms with E-state index in [-0.39, 0.29) is 0 Å². The average molecular weight is 169 g/mol. The lowest BCUT2D eigenvalue weighted by Crippen LogP contribution is -2.29. The van der Waals surface area contributed by atoms with Gasteiger partial charge in [0.15, 0.2) is 0 Å². The van der Waals surface area contributed by atoms with Crippen LogP contribution in [0, 0.1) is 5.92 Å².